The Bertz CT molecular complexity index is 531. The van der Waals surface area contributed by atoms with Crippen LogP contribution < -0.4 is 9.47 Å². The van der Waals surface area contributed by atoms with Crippen molar-refractivity contribution in [2.24, 2.45) is 11.8 Å². The van der Waals surface area contributed by atoms with Gasteiger partial charge in [-0.25, -0.2) is 0 Å². The summed E-state index contributed by atoms with van der Waals surface area (Å²) < 4.78 is 11.6. The fourth-order valence-electron chi connectivity index (χ4n) is 2.20. The molecule has 0 spiro atoms. The molecule has 0 radical (unpaired) electrons. The van der Waals surface area contributed by atoms with Gasteiger partial charge in [-0.05, 0) is 47.2 Å². The first-order valence-electron chi connectivity index (χ1n) is 9.08. The molecular weight excluding hydrogens is 296 g/mol. The van der Waals surface area contributed by atoms with Crippen LogP contribution in [0.5, 0.6) is 11.5 Å². The van der Waals surface area contributed by atoms with Gasteiger partial charge in [-0.2, -0.15) is 0 Å². The summed E-state index contributed by atoms with van der Waals surface area (Å²) in [5, 5.41) is 0. The summed E-state index contributed by atoms with van der Waals surface area (Å²) >= 11 is 0. The number of ether oxygens (including phenoxy) is 2. The van der Waals surface area contributed by atoms with E-state index in [1.165, 1.54) is 11.1 Å². The van der Waals surface area contributed by atoms with Crippen LogP contribution in [0.2, 0.25) is 0 Å². The molecule has 0 heterocycles. The highest BCUT2D eigenvalue weighted by molar-refractivity contribution is 5.64. The van der Waals surface area contributed by atoms with Crippen LogP contribution in [0.15, 0.2) is 48.5 Å². The molecule has 2 aromatic rings. The van der Waals surface area contributed by atoms with Crippen molar-refractivity contribution in [2.75, 3.05) is 13.2 Å². The molecule has 0 bridgehead atoms. The topological polar surface area (TPSA) is 18.5 Å². The van der Waals surface area contributed by atoms with Gasteiger partial charge < -0.3 is 9.47 Å². The summed E-state index contributed by atoms with van der Waals surface area (Å²) in [4.78, 5) is 0. The molecule has 24 heavy (non-hydrogen) atoms. The van der Waals surface area contributed by atoms with E-state index in [4.69, 9.17) is 9.47 Å². The van der Waals surface area contributed by atoms with Crippen LogP contribution in [0.4, 0.5) is 0 Å². The summed E-state index contributed by atoms with van der Waals surface area (Å²) in [6.45, 7) is 10.3. The second-order valence-corrected chi connectivity index (χ2v) is 6.70. The van der Waals surface area contributed by atoms with Crippen molar-refractivity contribution in [1.29, 1.82) is 0 Å². The van der Waals surface area contributed by atoms with E-state index < -0.39 is 0 Å². The van der Waals surface area contributed by atoms with Gasteiger partial charge in [0, 0.05) is 0 Å². The summed E-state index contributed by atoms with van der Waals surface area (Å²) in [5.41, 5.74) is 2.39. The molecule has 130 valence electrons. The van der Waals surface area contributed by atoms with Gasteiger partial charge in [-0.15, -0.1) is 0 Å². The molecule has 2 heteroatoms. The molecule has 0 aliphatic rings. The lowest BCUT2D eigenvalue weighted by molar-refractivity contribution is 0.256. The Balaban J connectivity index is 1.93. The van der Waals surface area contributed by atoms with E-state index in [1.807, 2.05) is 24.3 Å². The van der Waals surface area contributed by atoms with E-state index in [0.717, 1.165) is 37.6 Å². The van der Waals surface area contributed by atoms with Crippen molar-refractivity contribution in [3.8, 4) is 22.6 Å². The number of benzene rings is 2. The molecule has 0 fully saturated rings. The quantitative estimate of drug-likeness (QED) is 0.546. The SMILES string of the molecule is CC[C@H](C)COc1ccc(-c2ccc(OC[C@@H](C)CC)cc2)cc1. The molecule has 2 atom stereocenters. The van der Waals surface area contributed by atoms with Crippen molar-refractivity contribution in [3.63, 3.8) is 0 Å². The smallest absolute Gasteiger partial charge is 0.119 e. The largest absolute Gasteiger partial charge is 0.493 e. The van der Waals surface area contributed by atoms with Gasteiger partial charge in [0.05, 0.1) is 13.2 Å². The fraction of sp³-hybridized carbons (Fsp3) is 0.455. The second kappa shape index (κ2) is 9.36. The van der Waals surface area contributed by atoms with E-state index >= 15 is 0 Å². The Hall–Kier alpha value is -1.96. The van der Waals surface area contributed by atoms with Crippen LogP contribution in [0, 0.1) is 11.8 Å². The average molecular weight is 326 g/mol. The molecular formula is C22H30O2. The number of hydrogen-bond acceptors (Lipinski definition) is 2. The molecule has 0 N–H and O–H groups in total. The molecule has 2 aromatic carbocycles. The molecule has 0 amide bonds. The van der Waals surface area contributed by atoms with Crippen LogP contribution in [0.1, 0.15) is 40.5 Å². The minimum absolute atomic E-state index is 0.590. The van der Waals surface area contributed by atoms with E-state index in [0.29, 0.717) is 11.8 Å². The van der Waals surface area contributed by atoms with Gasteiger partial charge in [0.1, 0.15) is 11.5 Å². The van der Waals surface area contributed by atoms with E-state index in [-0.39, 0.29) is 0 Å². The highest BCUT2D eigenvalue weighted by Crippen LogP contribution is 2.25. The number of hydrogen-bond donors (Lipinski definition) is 0. The van der Waals surface area contributed by atoms with E-state index in [9.17, 15) is 0 Å². The first-order chi connectivity index (χ1) is 11.6. The first kappa shape index (κ1) is 18.4. The Kier molecular flexibility index (Phi) is 7.17. The Morgan fingerprint density at radius 3 is 1.25 bits per heavy atom. The first-order valence-corrected chi connectivity index (χ1v) is 9.08. The molecule has 0 aromatic heterocycles. The normalized spacial score (nSPS) is 13.3. The van der Waals surface area contributed by atoms with Crippen molar-refractivity contribution < 1.29 is 9.47 Å². The van der Waals surface area contributed by atoms with Crippen LogP contribution in [0.3, 0.4) is 0 Å². The minimum atomic E-state index is 0.590. The van der Waals surface area contributed by atoms with Gasteiger partial charge in [0.25, 0.3) is 0 Å². The van der Waals surface area contributed by atoms with Gasteiger partial charge in [0.2, 0.25) is 0 Å². The third-order valence-corrected chi connectivity index (χ3v) is 4.50. The fourth-order valence-corrected chi connectivity index (χ4v) is 2.20. The number of rotatable bonds is 9. The summed E-state index contributed by atoms with van der Waals surface area (Å²) in [6.07, 6.45) is 2.28. The van der Waals surface area contributed by atoms with Crippen LogP contribution >= 0.6 is 0 Å². The lowest BCUT2D eigenvalue weighted by Gasteiger charge is -2.12. The van der Waals surface area contributed by atoms with Crippen LogP contribution in [0.25, 0.3) is 11.1 Å². The van der Waals surface area contributed by atoms with E-state index in [1.54, 1.807) is 0 Å². The molecule has 2 nitrogen and oxygen atoms in total. The zero-order chi connectivity index (χ0) is 17.4. The maximum atomic E-state index is 5.81. The zero-order valence-electron chi connectivity index (χ0n) is 15.4. The molecule has 0 saturated carbocycles. The lowest BCUT2D eigenvalue weighted by Crippen LogP contribution is -2.07. The molecule has 0 saturated heterocycles. The van der Waals surface area contributed by atoms with Crippen molar-refractivity contribution in [2.45, 2.75) is 40.5 Å². The van der Waals surface area contributed by atoms with Crippen molar-refractivity contribution in [1.82, 2.24) is 0 Å². The molecule has 0 aliphatic heterocycles. The average Bonchev–Trinajstić information content (AvgIpc) is 2.65. The van der Waals surface area contributed by atoms with Crippen LogP contribution in [-0.4, -0.2) is 13.2 Å². The van der Waals surface area contributed by atoms with Crippen molar-refractivity contribution >= 4 is 0 Å². The monoisotopic (exact) mass is 326 g/mol. The maximum absolute atomic E-state index is 5.81. The third kappa shape index (κ3) is 5.59. The molecule has 0 aliphatic carbocycles. The summed E-state index contributed by atoms with van der Waals surface area (Å²) in [7, 11) is 0. The van der Waals surface area contributed by atoms with Crippen molar-refractivity contribution in [3.05, 3.63) is 48.5 Å². The standard InChI is InChI=1S/C22H30O2/c1-5-17(3)15-23-21-11-7-19(8-12-21)20-9-13-22(14-10-20)24-16-18(4)6-2/h7-14,17-18H,5-6,15-16H2,1-4H3/t17-,18-/m0/s1. The highest BCUT2D eigenvalue weighted by atomic mass is 16.5. The Morgan fingerprint density at radius 2 is 0.958 bits per heavy atom. The summed E-state index contributed by atoms with van der Waals surface area (Å²) in [6, 6.07) is 16.6. The van der Waals surface area contributed by atoms with Crippen LogP contribution in [-0.2, 0) is 0 Å². The molecule has 2 rings (SSSR count). The van der Waals surface area contributed by atoms with Gasteiger partial charge in [-0.3, -0.25) is 0 Å². The minimum Gasteiger partial charge on any atom is -0.493 e. The highest BCUT2D eigenvalue weighted by Gasteiger charge is 2.03. The second-order valence-electron chi connectivity index (χ2n) is 6.70. The summed E-state index contributed by atoms with van der Waals surface area (Å²) in [5.74, 6) is 3.06. The van der Waals surface area contributed by atoms with E-state index in [2.05, 4.69) is 52.0 Å². The predicted octanol–water partition coefficient (Wildman–Crippen LogP) is 6.20. The van der Waals surface area contributed by atoms with Gasteiger partial charge in [0.15, 0.2) is 0 Å². The molecule has 0 unspecified atom stereocenters. The maximum Gasteiger partial charge on any atom is 0.119 e. The zero-order valence-corrected chi connectivity index (χ0v) is 15.4. The lowest BCUT2D eigenvalue weighted by atomic mass is 10.1. The van der Waals surface area contributed by atoms with Gasteiger partial charge >= 0.3 is 0 Å². The Morgan fingerprint density at radius 1 is 0.625 bits per heavy atom. The third-order valence-electron chi connectivity index (χ3n) is 4.50. The predicted molar refractivity (Wildman–Crippen MR) is 102 cm³/mol. The Labute approximate surface area is 146 Å². The van der Waals surface area contributed by atoms with Gasteiger partial charge in [-0.1, -0.05) is 64.8 Å².